The van der Waals surface area contributed by atoms with Gasteiger partial charge in [0.05, 0.1) is 0 Å². The fourth-order valence-corrected chi connectivity index (χ4v) is 5.05. The summed E-state index contributed by atoms with van der Waals surface area (Å²) in [6, 6.07) is 11.0. The molecular formula is C24H34N2O3S. The second-order valence-corrected chi connectivity index (χ2v) is 9.27. The molecule has 0 saturated carbocycles. The summed E-state index contributed by atoms with van der Waals surface area (Å²) in [5.41, 5.74) is 8.38. The van der Waals surface area contributed by atoms with Crippen LogP contribution in [0.1, 0.15) is 55.6 Å². The number of benzene rings is 2. The topological polar surface area (TPSA) is 98.7 Å². The number of phenolic OH excluding ortho intramolecular Hbond substituents is 3. The molecule has 30 heavy (non-hydrogen) atoms. The van der Waals surface area contributed by atoms with Crippen molar-refractivity contribution in [2.45, 2.75) is 61.8 Å². The van der Waals surface area contributed by atoms with Gasteiger partial charge in [0, 0.05) is 28.8 Å². The molecule has 0 fully saturated rings. The molecule has 0 aromatic heterocycles. The lowest BCUT2D eigenvalue weighted by atomic mass is 9.76. The molecule has 0 bridgehead atoms. The average molecular weight is 431 g/mol. The number of nitrogens with two attached hydrogens (primary N) is 1. The maximum absolute atomic E-state index is 10.1. The van der Waals surface area contributed by atoms with Crippen molar-refractivity contribution in [3.63, 3.8) is 0 Å². The van der Waals surface area contributed by atoms with Gasteiger partial charge in [0.25, 0.3) is 0 Å². The van der Waals surface area contributed by atoms with Gasteiger partial charge in [-0.1, -0.05) is 25.3 Å². The summed E-state index contributed by atoms with van der Waals surface area (Å²) in [6.45, 7) is 2.02. The maximum atomic E-state index is 10.1. The van der Waals surface area contributed by atoms with E-state index in [4.69, 9.17) is 5.73 Å². The summed E-state index contributed by atoms with van der Waals surface area (Å²) in [5.74, 6) is 1.61. The second kappa shape index (κ2) is 11.5. The van der Waals surface area contributed by atoms with Crippen molar-refractivity contribution in [2.75, 3.05) is 18.8 Å². The number of rotatable bonds is 11. The van der Waals surface area contributed by atoms with E-state index in [1.807, 2.05) is 18.2 Å². The van der Waals surface area contributed by atoms with Crippen LogP contribution in [-0.4, -0.2) is 40.2 Å². The van der Waals surface area contributed by atoms with Crippen LogP contribution in [0.4, 0.5) is 0 Å². The monoisotopic (exact) mass is 430 g/mol. The summed E-state index contributed by atoms with van der Waals surface area (Å²) in [5, 5.41) is 32.7. The molecule has 2 aromatic carbocycles. The highest BCUT2D eigenvalue weighted by Crippen LogP contribution is 2.42. The minimum atomic E-state index is -0.0306. The van der Waals surface area contributed by atoms with Crippen LogP contribution in [0.3, 0.4) is 0 Å². The molecule has 0 amide bonds. The maximum Gasteiger partial charge on any atom is 0.160 e. The molecule has 0 saturated heterocycles. The number of hydrogen-bond donors (Lipinski definition) is 5. The second-order valence-electron chi connectivity index (χ2n) is 8.11. The van der Waals surface area contributed by atoms with Gasteiger partial charge < -0.3 is 26.4 Å². The van der Waals surface area contributed by atoms with E-state index in [0.717, 1.165) is 55.7 Å². The first-order valence-electron chi connectivity index (χ1n) is 11.0. The Bertz CT molecular complexity index is 798. The number of unbranched alkanes of at least 4 members (excludes halogenated alkanes) is 3. The van der Waals surface area contributed by atoms with Gasteiger partial charge >= 0.3 is 0 Å². The lowest BCUT2D eigenvalue weighted by Gasteiger charge is -2.32. The Morgan fingerprint density at radius 2 is 1.70 bits per heavy atom. The van der Waals surface area contributed by atoms with Gasteiger partial charge in [0.2, 0.25) is 0 Å². The third kappa shape index (κ3) is 6.30. The zero-order valence-corrected chi connectivity index (χ0v) is 18.3. The predicted molar refractivity (Wildman–Crippen MR) is 124 cm³/mol. The quantitative estimate of drug-likeness (QED) is 0.205. The minimum Gasteiger partial charge on any atom is -0.508 e. The van der Waals surface area contributed by atoms with E-state index in [1.165, 1.54) is 24.2 Å². The van der Waals surface area contributed by atoms with Crippen molar-refractivity contribution in [1.82, 2.24) is 5.32 Å². The van der Waals surface area contributed by atoms with Crippen molar-refractivity contribution in [3.05, 3.63) is 47.5 Å². The largest absolute Gasteiger partial charge is 0.508 e. The van der Waals surface area contributed by atoms with E-state index >= 15 is 0 Å². The van der Waals surface area contributed by atoms with Gasteiger partial charge in [-0.25, -0.2) is 0 Å². The van der Waals surface area contributed by atoms with Crippen molar-refractivity contribution >= 4 is 11.8 Å². The van der Waals surface area contributed by atoms with Crippen molar-refractivity contribution in [3.8, 4) is 17.2 Å². The molecule has 0 aliphatic heterocycles. The number of fused-ring (bicyclic) bond motifs is 1. The summed E-state index contributed by atoms with van der Waals surface area (Å²) < 4.78 is 0. The molecule has 2 unspecified atom stereocenters. The first kappa shape index (κ1) is 22.8. The Balaban J connectivity index is 1.27. The molecule has 6 heteroatoms. The van der Waals surface area contributed by atoms with Gasteiger partial charge in [-0.15, -0.1) is 11.8 Å². The Morgan fingerprint density at radius 3 is 2.50 bits per heavy atom. The first-order valence-corrected chi connectivity index (χ1v) is 12.0. The van der Waals surface area contributed by atoms with Gasteiger partial charge in [0.15, 0.2) is 11.5 Å². The molecule has 5 nitrogen and oxygen atoms in total. The average Bonchev–Trinajstić information content (AvgIpc) is 2.74. The predicted octanol–water partition coefficient (Wildman–Crippen LogP) is 4.49. The van der Waals surface area contributed by atoms with Crippen molar-refractivity contribution in [1.29, 1.82) is 0 Å². The third-order valence-corrected chi connectivity index (χ3v) is 6.96. The SMILES string of the molecule is NC1CCc2c(ccc(O)c2O)C1CCCCCCNCCSc1ccc(O)cc1. The van der Waals surface area contributed by atoms with Gasteiger partial charge in [-0.3, -0.25) is 0 Å². The van der Waals surface area contributed by atoms with E-state index in [-0.39, 0.29) is 23.5 Å². The molecule has 3 rings (SSSR count). The molecule has 0 spiro atoms. The van der Waals surface area contributed by atoms with Crippen LogP contribution in [0, 0.1) is 0 Å². The van der Waals surface area contributed by atoms with E-state index in [2.05, 4.69) is 5.32 Å². The molecule has 0 heterocycles. The van der Waals surface area contributed by atoms with E-state index in [1.54, 1.807) is 30.0 Å². The Kier molecular flexibility index (Phi) is 8.73. The molecule has 2 atom stereocenters. The number of aromatic hydroxyl groups is 3. The summed E-state index contributed by atoms with van der Waals surface area (Å²) in [4.78, 5) is 1.18. The molecule has 164 valence electrons. The summed E-state index contributed by atoms with van der Waals surface area (Å²) in [6.07, 6.45) is 7.34. The zero-order valence-electron chi connectivity index (χ0n) is 17.5. The first-order chi connectivity index (χ1) is 14.6. The molecule has 1 aliphatic rings. The molecule has 6 N–H and O–H groups in total. The van der Waals surface area contributed by atoms with Crippen LogP contribution < -0.4 is 11.1 Å². The van der Waals surface area contributed by atoms with E-state index < -0.39 is 0 Å². The van der Waals surface area contributed by atoms with Crippen LogP contribution >= 0.6 is 11.8 Å². The van der Waals surface area contributed by atoms with Crippen LogP contribution in [0.5, 0.6) is 17.2 Å². The highest BCUT2D eigenvalue weighted by atomic mass is 32.2. The smallest absolute Gasteiger partial charge is 0.160 e. The number of thioether (sulfide) groups is 1. The lowest BCUT2D eigenvalue weighted by Crippen LogP contribution is -2.33. The van der Waals surface area contributed by atoms with Crippen LogP contribution in [0.25, 0.3) is 0 Å². The molecule has 2 aromatic rings. The van der Waals surface area contributed by atoms with Gasteiger partial charge in [-0.05, 0) is 74.0 Å². The number of hydrogen-bond acceptors (Lipinski definition) is 6. The Morgan fingerprint density at radius 1 is 0.933 bits per heavy atom. The van der Waals surface area contributed by atoms with Crippen molar-refractivity contribution in [2.24, 2.45) is 5.73 Å². The fraction of sp³-hybridized carbons (Fsp3) is 0.500. The highest BCUT2D eigenvalue weighted by Gasteiger charge is 2.29. The third-order valence-electron chi connectivity index (χ3n) is 5.94. The van der Waals surface area contributed by atoms with Crippen LogP contribution in [-0.2, 0) is 6.42 Å². The van der Waals surface area contributed by atoms with Gasteiger partial charge in [-0.2, -0.15) is 0 Å². The minimum absolute atomic E-state index is 0.0306. The zero-order chi connectivity index (χ0) is 21.3. The fourth-order valence-electron chi connectivity index (χ4n) is 4.24. The number of phenols is 3. The molecule has 0 radical (unpaired) electrons. The normalized spacial score (nSPS) is 18.3. The van der Waals surface area contributed by atoms with Gasteiger partial charge in [0.1, 0.15) is 5.75 Å². The van der Waals surface area contributed by atoms with Crippen LogP contribution in [0.2, 0.25) is 0 Å². The van der Waals surface area contributed by atoms with E-state index in [0.29, 0.717) is 5.75 Å². The van der Waals surface area contributed by atoms with Crippen molar-refractivity contribution < 1.29 is 15.3 Å². The molecule has 1 aliphatic carbocycles. The standard InChI is InChI=1S/C24H34N2O3S/c25-22-12-10-21-19(11-13-23(28)24(21)29)20(22)5-3-1-2-4-14-26-15-16-30-18-8-6-17(27)7-9-18/h6-9,11,13,20,22,26-29H,1-5,10,12,14-16,25H2. The Hall–Kier alpha value is -1.89. The summed E-state index contributed by atoms with van der Waals surface area (Å²) in [7, 11) is 0. The summed E-state index contributed by atoms with van der Waals surface area (Å²) >= 11 is 1.79. The van der Waals surface area contributed by atoms with Crippen LogP contribution in [0.15, 0.2) is 41.3 Å². The Labute approximate surface area is 183 Å². The lowest BCUT2D eigenvalue weighted by molar-refractivity contribution is 0.380. The number of nitrogens with one attached hydrogen (secondary N) is 1. The van der Waals surface area contributed by atoms with E-state index in [9.17, 15) is 15.3 Å². The highest BCUT2D eigenvalue weighted by molar-refractivity contribution is 7.99. The molecular weight excluding hydrogens is 396 g/mol.